The smallest absolute Gasteiger partial charge is 0.312 e. The minimum absolute atomic E-state index is 0.0590. The summed E-state index contributed by atoms with van der Waals surface area (Å²) in [5, 5.41) is 7.85. The van der Waals surface area contributed by atoms with Crippen molar-refractivity contribution in [3.05, 3.63) is 16.3 Å². The Morgan fingerprint density at radius 3 is 2.78 bits per heavy atom. The zero-order chi connectivity index (χ0) is 13.1. The van der Waals surface area contributed by atoms with Gasteiger partial charge in [-0.3, -0.25) is 4.57 Å². The molecule has 1 aromatic heterocycles. The van der Waals surface area contributed by atoms with Crippen LogP contribution in [-0.4, -0.2) is 26.9 Å². The van der Waals surface area contributed by atoms with Crippen LogP contribution in [0.25, 0.3) is 0 Å². The molecule has 0 saturated heterocycles. The fourth-order valence-corrected chi connectivity index (χ4v) is 2.23. The van der Waals surface area contributed by atoms with Crippen molar-refractivity contribution in [2.24, 2.45) is 5.92 Å². The van der Waals surface area contributed by atoms with Gasteiger partial charge >= 0.3 is 5.69 Å². The van der Waals surface area contributed by atoms with E-state index in [1.807, 2.05) is 4.57 Å². The maximum Gasteiger partial charge on any atom is 0.345 e. The average Bonchev–Trinajstić information content (AvgIpc) is 2.67. The highest BCUT2D eigenvalue weighted by atomic mass is 16.2. The maximum absolute atomic E-state index is 12.1. The summed E-state index contributed by atoms with van der Waals surface area (Å²) in [6, 6.07) is 0.470. The van der Waals surface area contributed by atoms with Gasteiger partial charge in [-0.05, 0) is 25.7 Å². The standard InChI is InChI=1S/C13H24N4O/c1-10(2)11(3)14-7-9-17-13(18)16-8-5-4-6-12(16)15-17/h10-11,14H,4-9H2,1-3H3. The Kier molecular flexibility index (Phi) is 4.22. The van der Waals surface area contributed by atoms with Crippen LogP contribution in [0.2, 0.25) is 0 Å². The monoisotopic (exact) mass is 252 g/mol. The summed E-state index contributed by atoms with van der Waals surface area (Å²) >= 11 is 0. The summed E-state index contributed by atoms with van der Waals surface area (Å²) in [5.41, 5.74) is 0.0590. The Balaban J connectivity index is 1.94. The minimum Gasteiger partial charge on any atom is -0.312 e. The van der Waals surface area contributed by atoms with Crippen LogP contribution in [0.15, 0.2) is 4.79 Å². The van der Waals surface area contributed by atoms with Crippen LogP contribution in [0.5, 0.6) is 0 Å². The molecule has 2 heterocycles. The van der Waals surface area contributed by atoms with Gasteiger partial charge in [0.05, 0.1) is 6.54 Å². The Labute approximate surface area is 108 Å². The highest BCUT2D eigenvalue weighted by Crippen LogP contribution is 2.09. The Morgan fingerprint density at radius 2 is 2.11 bits per heavy atom. The van der Waals surface area contributed by atoms with E-state index in [1.54, 1.807) is 4.68 Å². The van der Waals surface area contributed by atoms with Crippen molar-refractivity contribution < 1.29 is 0 Å². The molecule has 1 N–H and O–H groups in total. The van der Waals surface area contributed by atoms with Crippen molar-refractivity contribution in [3.8, 4) is 0 Å². The molecule has 0 saturated carbocycles. The topological polar surface area (TPSA) is 51.9 Å². The predicted molar refractivity (Wildman–Crippen MR) is 71.7 cm³/mol. The molecule has 5 heteroatoms. The number of aromatic nitrogens is 3. The first kappa shape index (κ1) is 13.3. The first-order valence-electron chi connectivity index (χ1n) is 6.99. The molecule has 1 atom stereocenters. The van der Waals surface area contributed by atoms with Crippen LogP contribution < -0.4 is 11.0 Å². The summed E-state index contributed by atoms with van der Waals surface area (Å²) in [7, 11) is 0. The third-order valence-electron chi connectivity index (χ3n) is 3.82. The summed E-state index contributed by atoms with van der Waals surface area (Å²) in [4.78, 5) is 12.1. The fourth-order valence-electron chi connectivity index (χ4n) is 2.23. The molecule has 5 nitrogen and oxygen atoms in total. The van der Waals surface area contributed by atoms with Gasteiger partial charge in [0.15, 0.2) is 0 Å². The number of fused-ring (bicyclic) bond motifs is 1. The molecule has 102 valence electrons. The minimum atomic E-state index is 0.0590. The van der Waals surface area contributed by atoms with E-state index >= 15 is 0 Å². The average molecular weight is 252 g/mol. The summed E-state index contributed by atoms with van der Waals surface area (Å²) in [6.07, 6.45) is 3.19. The zero-order valence-corrected chi connectivity index (χ0v) is 11.6. The Hall–Kier alpha value is -1.10. The highest BCUT2D eigenvalue weighted by molar-refractivity contribution is 4.91. The Bertz CT molecular complexity index is 446. The van der Waals surface area contributed by atoms with E-state index in [1.165, 1.54) is 0 Å². The molecule has 2 rings (SSSR count). The lowest BCUT2D eigenvalue weighted by atomic mass is 10.1. The number of nitrogens with zero attached hydrogens (tertiary/aromatic N) is 3. The first-order valence-corrected chi connectivity index (χ1v) is 6.99. The van der Waals surface area contributed by atoms with Crippen molar-refractivity contribution in [2.75, 3.05) is 6.54 Å². The molecule has 0 aliphatic carbocycles. The van der Waals surface area contributed by atoms with Gasteiger partial charge in [0.1, 0.15) is 5.82 Å². The van der Waals surface area contributed by atoms with Crippen molar-refractivity contribution in [2.45, 2.75) is 59.2 Å². The lowest BCUT2D eigenvalue weighted by molar-refractivity contribution is 0.407. The normalized spacial score (nSPS) is 16.9. The van der Waals surface area contributed by atoms with E-state index in [0.717, 1.165) is 38.2 Å². The molecule has 0 aromatic carbocycles. The molecular formula is C13H24N4O. The summed E-state index contributed by atoms with van der Waals surface area (Å²) in [5.74, 6) is 1.57. The second-order valence-corrected chi connectivity index (χ2v) is 5.52. The molecule has 0 spiro atoms. The summed E-state index contributed by atoms with van der Waals surface area (Å²) < 4.78 is 3.44. The van der Waals surface area contributed by atoms with Crippen LogP contribution in [0.4, 0.5) is 0 Å². The van der Waals surface area contributed by atoms with Crippen LogP contribution in [0, 0.1) is 5.92 Å². The van der Waals surface area contributed by atoms with E-state index in [-0.39, 0.29) is 5.69 Å². The quantitative estimate of drug-likeness (QED) is 0.851. The number of aryl methyl sites for hydroxylation is 1. The van der Waals surface area contributed by atoms with E-state index in [9.17, 15) is 4.79 Å². The van der Waals surface area contributed by atoms with E-state index in [0.29, 0.717) is 18.5 Å². The van der Waals surface area contributed by atoms with Gasteiger partial charge in [0.2, 0.25) is 0 Å². The third kappa shape index (κ3) is 2.83. The van der Waals surface area contributed by atoms with Gasteiger partial charge in [0, 0.05) is 25.6 Å². The lowest BCUT2D eigenvalue weighted by Crippen LogP contribution is -2.35. The van der Waals surface area contributed by atoms with Crippen molar-refractivity contribution in [1.82, 2.24) is 19.7 Å². The highest BCUT2D eigenvalue weighted by Gasteiger charge is 2.16. The van der Waals surface area contributed by atoms with Crippen LogP contribution in [0.1, 0.15) is 39.4 Å². The first-order chi connectivity index (χ1) is 8.59. The van der Waals surface area contributed by atoms with Gasteiger partial charge in [-0.2, -0.15) is 5.10 Å². The SMILES string of the molecule is CC(C)C(C)NCCn1nc2n(c1=O)CCCC2. The molecule has 0 fully saturated rings. The number of rotatable bonds is 5. The molecule has 1 aromatic rings. The van der Waals surface area contributed by atoms with Crippen molar-refractivity contribution in [1.29, 1.82) is 0 Å². The summed E-state index contributed by atoms with van der Waals surface area (Å²) in [6.45, 7) is 8.86. The number of hydrogen-bond acceptors (Lipinski definition) is 3. The largest absolute Gasteiger partial charge is 0.345 e. The van der Waals surface area contributed by atoms with Gasteiger partial charge in [-0.25, -0.2) is 9.48 Å². The van der Waals surface area contributed by atoms with E-state index in [4.69, 9.17) is 0 Å². The number of hydrogen-bond donors (Lipinski definition) is 1. The second kappa shape index (κ2) is 5.69. The van der Waals surface area contributed by atoms with Crippen molar-refractivity contribution in [3.63, 3.8) is 0 Å². The van der Waals surface area contributed by atoms with Gasteiger partial charge in [-0.1, -0.05) is 13.8 Å². The molecule has 0 amide bonds. The molecule has 0 bridgehead atoms. The van der Waals surface area contributed by atoms with E-state index in [2.05, 4.69) is 31.2 Å². The van der Waals surface area contributed by atoms with Crippen LogP contribution >= 0.6 is 0 Å². The molecule has 18 heavy (non-hydrogen) atoms. The van der Waals surface area contributed by atoms with Crippen LogP contribution in [0.3, 0.4) is 0 Å². The lowest BCUT2D eigenvalue weighted by Gasteiger charge is -2.16. The second-order valence-electron chi connectivity index (χ2n) is 5.52. The van der Waals surface area contributed by atoms with Gasteiger partial charge in [0.25, 0.3) is 0 Å². The maximum atomic E-state index is 12.1. The Morgan fingerprint density at radius 1 is 1.33 bits per heavy atom. The van der Waals surface area contributed by atoms with Crippen LogP contribution in [-0.2, 0) is 19.5 Å². The zero-order valence-electron chi connectivity index (χ0n) is 11.6. The van der Waals surface area contributed by atoms with Crippen molar-refractivity contribution >= 4 is 0 Å². The molecule has 0 radical (unpaired) electrons. The number of nitrogens with one attached hydrogen (secondary N) is 1. The predicted octanol–water partition coefficient (Wildman–Crippen LogP) is 1.02. The van der Waals surface area contributed by atoms with E-state index < -0.39 is 0 Å². The van der Waals surface area contributed by atoms with Gasteiger partial charge in [-0.15, -0.1) is 0 Å². The third-order valence-corrected chi connectivity index (χ3v) is 3.82. The molecule has 1 aliphatic rings. The molecule has 1 aliphatic heterocycles. The fraction of sp³-hybridized carbons (Fsp3) is 0.846. The van der Waals surface area contributed by atoms with Gasteiger partial charge < -0.3 is 5.32 Å². The molecule has 1 unspecified atom stereocenters. The molecular weight excluding hydrogens is 228 g/mol.